The van der Waals surface area contributed by atoms with E-state index in [2.05, 4.69) is 11.6 Å². The molecule has 0 saturated heterocycles. The summed E-state index contributed by atoms with van der Waals surface area (Å²) in [7, 11) is 0. The average Bonchev–Trinajstić information content (AvgIpc) is 2.97. The molecule has 3 rings (SSSR count). The summed E-state index contributed by atoms with van der Waals surface area (Å²) in [6.07, 6.45) is 2.62. The molecule has 1 aromatic carbocycles. The molecule has 3 aromatic rings. The fourth-order valence-corrected chi connectivity index (χ4v) is 3.33. The van der Waals surface area contributed by atoms with Crippen LogP contribution in [0.25, 0.3) is 15.2 Å². The first-order valence-electron chi connectivity index (χ1n) is 7.62. The molecule has 0 radical (unpaired) electrons. The van der Waals surface area contributed by atoms with Gasteiger partial charge >= 0.3 is 5.97 Å². The van der Waals surface area contributed by atoms with Crippen molar-refractivity contribution in [3.63, 3.8) is 0 Å². The second-order valence-electron chi connectivity index (χ2n) is 4.93. The number of hydrogen-bond donors (Lipinski definition) is 0. The first-order valence-corrected chi connectivity index (χ1v) is 8.44. The Morgan fingerprint density at radius 1 is 1.40 bits per heavy atom. The zero-order valence-corrected chi connectivity index (χ0v) is 14.4. The van der Waals surface area contributed by atoms with Gasteiger partial charge in [-0.25, -0.2) is 9.78 Å². The minimum atomic E-state index is -0.670. The van der Waals surface area contributed by atoms with Crippen LogP contribution in [0.2, 0.25) is 0 Å². The van der Waals surface area contributed by atoms with Crippen LogP contribution in [0.4, 0.5) is 0 Å². The minimum Gasteiger partial charge on any atom is -0.498 e. The normalized spacial score (nSPS) is 10.8. The molecule has 7 nitrogen and oxygen atoms in total. The van der Waals surface area contributed by atoms with Crippen LogP contribution in [0.15, 0.2) is 42.0 Å². The summed E-state index contributed by atoms with van der Waals surface area (Å²) in [4.78, 5) is 29.2. The van der Waals surface area contributed by atoms with Crippen molar-refractivity contribution in [1.82, 2.24) is 9.38 Å². The second-order valence-corrected chi connectivity index (χ2v) is 5.94. The van der Waals surface area contributed by atoms with Gasteiger partial charge in [-0.3, -0.25) is 9.20 Å². The number of carbonyl (C=O) groups excluding carboxylic acids is 1. The highest BCUT2D eigenvalue weighted by Crippen LogP contribution is 2.27. The maximum absolute atomic E-state index is 12.6. The van der Waals surface area contributed by atoms with Crippen LogP contribution < -0.4 is 10.3 Å². The van der Waals surface area contributed by atoms with Crippen molar-refractivity contribution in [2.45, 2.75) is 6.92 Å². The van der Waals surface area contributed by atoms with E-state index in [0.29, 0.717) is 29.4 Å². The molecule has 0 unspecified atom stereocenters. The Morgan fingerprint density at radius 3 is 3.00 bits per heavy atom. The number of hydrogen-bond acceptors (Lipinski definition) is 7. The van der Waals surface area contributed by atoms with E-state index in [-0.39, 0.29) is 12.2 Å². The van der Waals surface area contributed by atoms with Crippen molar-refractivity contribution >= 4 is 32.5 Å². The third-order valence-electron chi connectivity index (χ3n) is 3.39. The predicted molar refractivity (Wildman–Crippen MR) is 94.4 cm³/mol. The van der Waals surface area contributed by atoms with Gasteiger partial charge in [0.05, 0.1) is 29.3 Å². The van der Waals surface area contributed by atoms with Gasteiger partial charge in [-0.1, -0.05) is 17.9 Å². The molecule has 0 fully saturated rings. The second kappa shape index (κ2) is 7.35. The van der Waals surface area contributed by atoms with E-state index in [1.165, 1.54) is 28.2 Å². The third kappa shape index (κ3) is 3.34. The SMILES string of the molecule is C=COCCOc1ccc2c(c1)sc1ncc(C(=O)OCC)c(=O)n12. The van der Waals surface area contributed by atoms with E-state index in [1.54, 1.807) is 19.1 Å². The highest BCUT2D eigenvalue weighted by Gasteiger charge is 2.17. The fraction of sp³-hybridized carbons (Fsp3) is 0.235. The first-order chi connectivity index (χ1) is 12.2. The molecule has 0 aliphatic carbocycles. The molecule has 0 N–H and O–H groups in total. The monoisotopic (exact) mass is 360 g/mol. The summed E-state index contributed by atoms with van der Waals surface area (Å²) in [5, 5.41) is 0. The Balaban J connectivity index is 1.99. The number of benzene rings is 1. The van der Waals surface area contributed by atoms with Gasteiger partial charge in [0, 0.05) is 0 Å². The van der Waals surface area contributed by atoms with Crippen LogP contribution in [0.3, 0.4) is 0 Å². The third-order valence-corrected chi connectivity index (χ3v) is 4.40. The molecule has 25 heavy (non-hydrogen) atoms. The number of ether oxygens (including phenoxy) is 3. The van der Waals surface area contributed by atoms with Crippen molar-refractivity contribution in [3.8, 4) is 5.75 Å². The Bertz CT molecular complexity index is 992. The predicted octanol–water partition coefficient (Wildman–Crippen LogP) is 2.62. The summed E-state index contributed by atoms with van der Waals surface area (Å²) >= 11 is 1.34. The number of nitrogens with zero attached hydrogens (tertiary/aromatic N) is 2. The number of esters is 1. The Hall–Kier alpha value is -2.87. The quantitative estimate of drug-likeness (QED) is 0.366. The Morgan fingerprint density at radius 2 is 2.24 bits per heavy atom. The topological polar surface area (TPSA) is 79.1 Å². The number of aromatic nitrogens is 2. The lowest BCUT2D eigenvalue weighted by atomic mass is 10.3. The maximum Gasteiger partial charge on any atom is 0.345 e. The smallest absolute Gasteiger partial charge is 0.345 e. The molecule has 0 amide bonds. The van der Waals surface area contributed by atoms with Gasteiger partial charge in [0.1, 0.15) is 24.5 Å². The van der Waals surface area contributed by atoms with Crippen LogP contribution in [-0.4, -0.2) is 35.2 Å². The van der Waals surface area contributed by atoms with E-state index in [1.807, 2.05) is 6.07 Å². The zero-order valence-electron chi connectivity index (χ0n) is 13.6. The molecule has 0 bridgehead atoms. The van der Waals surface area contributed by atoms with E-state index in [0.717, 1.165) is 4.70 Å². The molecule has 0 spiro atoms. The van der Waals surface area contributed by atoms with Crippen molar-refractivity contribution in [3.05, 3.63) is 53.2 Å². The van der Waals surface area contributed by atoms with Gasteiger partial charge in [-0.2, -0.15) is 0 Å². The van der Waals surface area contributed by atoms with Gasteiger partial charge in [0.2, 0.25) is 0 Å². The standard InChI is InChI=1S/C17H16N2O5S/c1-3-22-7-8-24-11-5-6-13-14(9-11)25-17-18-10-12(15(20)19(13)17)16(21)23-4-2/h3,5-6,9-10H,1,4,7-8H2,2H3. The number of rotatable bonds is 7. The van der Waals surface area contributed by atoms with E-state index in [4.69, 9.17) is 14.2 Å². The average molecular weight is 360 g/mol. The van der Waals surface area contributed by atoms with Crippen molar-refractivity contribution in [2.75, 3.05) is 19.8 Å². The molecule has 0 atom stereocenters. The zero-order chi connectivity index (χ0) is 17.8. The Labute approximate surface area is 147 Å². The minimum absolute atomic E-state index is 0.0825. The molecule has 2 heterocycles. The van der Waals surface area contributed by atoms with Crippen molar-refractivity contribution in [1.29, 1.82) is 0 Å². The van der Waals surface area contributed by atoms with Crippen LogP contribution in [0.5, 0.6) is 5.75 Å². The Kier molecular flexibility index (Phi) is 4.99. The summed E-state index contributed by atoms with van der Waals surface area (Å²) in [5.41, 5.74) is 0.141. The molecule has 2 aromatic heterocycles. The van der Waals surface area contributed by atoms with Gasteiger partial charge in [-0.15, -0.1) is 0 Å². The molecule has 0 aliphatic heterocycles. The lowest BCUT2D eigenvalue weighted by Gasteiger charge is -2.05. The summed E-state index contributed by atoms with van der Waals surface area (Å²) < 4.78 is 17.7. The van der Waals surface area contributed by atoms with Crippen LogP contribution in [0, 0.1) is 0 Å². The molecular formula is C17H16N2O5S. The van der Waals surface area contributed by atoms with E-state index >= 15 is 0 Å². The van der Waals surface area contributed by atoms with Crippen LogP contribution >= 0.6 is 11.3 Å². The molecular weight excluding hydrogens is 344 g/mol. The maximum atomic E-state index is 12.6. The number of carbonyl (C=O) groups is 1. The van der Waals surface area contributed by atoms with Gasteiger partial charge in [0.15, 0.2) is 4.96 Å². The van der Waals surface area contributed by atoms with Crippen molar-refractivity contribution in [2.24, 2.45) is 0 Å². The summed E-state index contributed by atoms with van der Waals surface area (Å²) in [6.45, 7) is 6.12. The number of thiazole rings is 1. The van der Waals surface area contributed by atoms with Gasteiger partial charge in [0.25, 0.3) is 5.56 Å². The van der Waals surface area contributed by atoms with Crippen LogP contribution in [0.1, 0.15) is 17.3 Å². The molecule has 0 saturated carbocycles. The summed E-state index contributed by atoms with van der Waals surface area (Å²) in [6, 6.07) is 5.35. The van der Waals surface area contributed by atoms with Gasteiger partial charge in [-0.05, 0) is 25.1 Å². The highest BCUT2D eigenvalue weighted by atomic mass is 32.1. The van der Waals surface area contributed by atoms with Gasteiger partial charge < -0.3 is 14.2 Å². The van der Waals surface area contributed by atoms with Crippen LogP contribution in [-0.2, 0) is 9.47 Å². The van der Waals surface area contributed by atoms with Crippen molar-refractivity contribution < 1.29 is 19.0 Å². The highest BCUT2D eigenvalue weighted by molar-refractivity contribution is 7.23. The fourth-order valence-electron chi connectivity index (χ4n) is 2.31. The first kappa shape index (κ1) is 17.0. The lowest BCUT2D eigenvalue weighted by Crippen LogP contribution is -2.23. The summed E-state index contributed by atoms with van der Waals surface area (Å²) in [5.74, 6) is -0.0127. The molecule has 8 heteroatoms. The lowest BCUT2D eigenvalue weighted by molar-refractivity contribution is 0.0523. The van der Waals surface area contributed by atoms with E-state index in [9.17, 15) is 9.59 Å². The number of fused-ring (bicyclic) bond motifs is 3. The molecule has 0 aliphatic rings. The molecule has 130 valence electrons. The largest absolute Gasteiger partial charge is 0.498 e. The van der Waals surface area contributed by atoms with E-state index < -0.39 is 11.5 Å².